The summed E-state index contributed by atoms with van der Waals surface area (Å²) in [5.74, 6) is 0. The minimum atomic E-state index is 0.124. The van der Waals surface area contributed by atoms with Crippen LogP contribution in [0.2, 0.25) is 0 Å². The highest BCUT2D eigenvalue weighted by Crippen LogP contribution is 2.20. The number of aryl methyl sites for hydroxylation is 1. The highest BCUT2D eigenvalue weighted by molar-refractivity contribution is 9.10. The van der Waals surface area contributed by atoms with E-state index in [1.165, 1.54) is 0 Å². The fourth-order valence-corrected chi connectivity index (χ4v) is 1.96. The lowest BCUT2D eigenvalue weighted by Crippen LogP contribution is -2.27. The molecule has 1 atom stereocenters. The molecule has 1 aromatic rings. The van der Waals surface area contributed by atoms with Crippen molar-refractivity contribution in [3.8, 4) is 0 Å². The SMILES string of the molecule is CCNC(COC)c1c(Br)nnn1C. The van der Waals surface area contributed by atoms with Crippen LogP contribution in [0.4, 0.5) is 0 Å². The monoisotopic (exact) mass is 262 g/mol. The van der Waals surface area contributed by atoms with E-state index in [2.05, 4.69) is 38.5 Å². The predicted octanol–water partition coefficient (Wildman–Crippen LogP) is 0.875. The first-order chi connectivity index (χ1) is 6.70. The number of aromatic nitrogens is 3. The summed E-state index contributed by atoms with van der Waals surface area (Å²) in [4.78, 5) is 0. The Morgan fingerprint density at radius 2 is 2.36 bits per heavy atom. The van der Waals surface area contributed by atoms with E-state index in [9.17, 15) is 0 Å². The number of nitrogens with one attached hydrogen (secondary N) is 1. The molecule has 0 aliphatic rings. The van der Waals surface area contributed by atoms with E-state index in [1.807, 2.05) is 7.05 Å². The van der Waals surface area contributed by atoms with Crippen LogP contribution in [0.3, 0.4) is 0 Å². The summed E-state index contributed by atoms with van der Waals surface area (Å²) in [6.07, 6.45) is 0. The van der Waals surface area contributed by atoms with Crippen LogP contribution in [0.15, 0.2) is 4.60 Å². The van der Waals surface area contributed by atoms with E-state index < -0.39 is 0 Å². The molecule has 1 heterocycles. The van der Waals surface area contributed by atoms with Gasteiger partial charge in [0.15, 0.2) is 4.60 Å². The van der Waals surface area contributed by atoms with Gasteiger partial charge in [0, 0.05) is 14.2 Å². The molecule has 5 nitrogen and oxygen atoms in total. The number of likely N-dealkylation sites (N-methyl/N-ethyl adjacent to an activating group) is 1. The van der Waals surface area contributed by atoms with Crippen LogP contribution in [0.5, 0.6) is 0 Å². The lowest BCUT2D eigenvalue weighted by atomic mass is 10.2. The van der Waals surface area contributed by atoms with Gasteiger partial charge in [-0.3, -0.25) is 0 Å². The molecule has 1 aromatic heterocycles. The molecule has 0 bridgehead atoms. The number of methoxy groups -OCH3 is 1. The second-order valence-corrected chi connectivity index (χ2v) is 3.71. The summed E-state index contributed by atoms with van der Waals surface area (Å²) in [6, 6.07) is 0.124. The third-order valence-corrected chi connectivity index (χ3v) is 2.51. The van der Waals surface area contributed by atoms with Crippen LogP contribution in [0.25, 0.3) is 0 Å². The fraction of sp³-hybridized carbons (Fsp3) is 0.750. The highest BCUT2D eigenvalue weighted by Gasteiger charge is 2.18. The summed E-state index contributed by atoms with van der Waals surface area (Å²) in [5, 5.41) is 11.2. The van der Waals surface area contributed by atoms with Crippen LogP contribution in [0, 0.1) is 0 Å². The Balaban J connectivity index is 2.85. The van der Waals surface area contributed by atoms with Gasteiger partial charge in [0.1, 0.15) is 0 Å². The first kappa shape index (κ1) is 11.6. The van der Waals surface area contributed by atoms with Crippen molar-refractivity contribution >= 4 is 15.9 Å². The fourth-order valence-electron chi connectivity index (χ4n) is 1.36. The van der Waals surface area contributed by atoms with Crippen molar-refractivity contribution < 1.29 is 4.74 Å². The molecule has 1 unspecified atom stereocenters. The molecule has 0 aliphatic heterocycles. The molecule has 1 N–H and O–H groups in total. The number of nitrogens with zero attached hydrogens (tertiary/aromatic N) is 3. The van der Waals surface area contributed by atoms with Crippen molar-refractivity contribution in [2.75, 3.05) is 20.3 Å². The summed E-state index contributed by atoms with van der Waals surface area (Å²) in [7, 11) is 3.55. The van der Waals surface area contributed by atoms with Crippen molar-refractivity contribution in [1.29, 1.82) is 0 Å². The number of hydrogen-bond donors (Lipinski definition) is 1. The van der Waals surface area contributed by atoms with E-state index in [-0.39, 0.29) is 6.04 Å². The quantitative estimate of drug-likeness (QED) is 0.856. The first-order valence-electron chi connectivity index (χ1n) is 4.48. The zero-order chi connectivity index (χ0) is 10.6. The minimum Gasteiger partial charge on any atom is -0.383 e. The normalized spacial score (nSPS) is 13.1. The predicted molar refractivity (Wildman–Crippen MR) is 57.0 cm³/mol. The Morgan fingerprint density at radius 1 is 1.64 bits per heavy atom. The third kappa shape index (κ3) is 2.52. The van der Waals surface area contributed by atoms with Gasteiger partial charge in [-0.2, -0.15) is 0 Å². The summed E-state index contributed by atoms with van der Waals surface area (Å²) < 4.78 is 7.65. The Labute approximate surface area is 91.9 Å². The van der Waals surface area contributed by atoms with Gasteiger partial charge in [-0.1, -0.05) is 12.1 Å². The maximum Gasteiger partial charge on any atom is 0.153 e. The molecule has 0 radical (unpaired) electrons. The molecule has 0 fully saturated rings. The van der Waals surface area contributed by atoms with Crippen molar-refractivity contribution in [2.45, 2.75) is 13.0 Å². The van der Waals surface area contributed by atoms with Crippen LogP contribution in [-0.2, 0) is 11.8 Å². The molecule has 0 amide bonds. The van der Waals surface area contributed by atoms with Crippen molar-refractivity contribution in [2.24, 2.45) is 7.05 Å². The molecule has 6 heteroatoms. The smallest absolute Gasteiger partial charge is 0.153 e. The number of halogens is 1. The number of ether oxygens (including phenoxy) is 1. The molecule has 0 spiro atoms. The summed E-state index contributed by atoms with van der Waals surface area (Å²) >= 11 is 3.37. The zero-order valence-electron chi connectivity index (χ0n) is 8.62. The number of rotatable bonds is 5. The number of hydrogen-bond acceptors (Lipinski definition) is 4. The Hall–Kier alpha value is -0.460. The first-order valence-corrected chi connectivity index (χ1v) is 5.27. The second kappa shape index (κ2) is 5.43. The topological polar surface area (TPSA) is 52.0 Å². The molecule has 0 saturated carbocycles. The Morgan fingerprint density at radius 3 is 2.79 bits per heavy atom. The van der Waals surface area contributed by atoms with Crippen LogP contribution in [-0.4, -0.2) is 35.3 Å². The van der Waals surface area contributed by atoms with E-state index in [0.717, 1.165) is 16.8 Å². The second-order valence-electron chi connectivity index (χ2n) is 2.95. The lowest BCUT2D eigenvalue weighted by molar-refractivity contribution is 0.164. The van der Waals surface area contributed by atoms with E-state index in [4.69, 9.17) is 4.74 Å². The molecule has 1 rings (SSSR count). The molecule has 14 heavy (non-hydrogen) atoms. The van der Waals surface area contributed by atoms with Crippen molar-refractivity contribution in [3.63, 3.8) is 0 Å². The van der Waals surface area contributed by atoms with Gasteiger partial charge in [0.05, 0.1) is 18.3 Å². The minimum absolute atomic E-state index is 0.124. The van der Waals surface area contributed by atoms with Gasteiger partial charge >= 0.3 is 0 Å². The molecule has 0 saturated heterocycles. The van der Waals surface area contributed by atoms with E-state index >= 15 is 0 Å². The largest absolute Gasteiger partial charge is 0.383 e. The van der Waals surface area contributed by atoms with Crippen LogP contribution < -0.4 is 5.32 Å². The molecule has 0 aromatic carbocycles. The van der Waals surface area contributed by atoms with Crippen LogP contribution in [0.1, 0.15) is 18.7 Å². The Bertz CT molecular complexity index is 263. The highest BCUT2D eigenvalue weighted by atomic mass is 79.9. The van der Waals surface area contributed by atoms with Gasteiger partial charge in [0.2, 0.25) is 0 Å². The van der Waals surface area contributed by atoms with Gasteiger partial charge in [0.25, 0.3) is 0 Å². The maximum atomic E-state index is 5.14. The molecule has 80 valence electrons. The Kier molecular flexibility index (Phi) is 4.50. The van der Waals surface area contributed by atoms with Crippen molar-refractivity contribution in [3.05, 3.63) is 10.3 Å². The molecular weight excluding hydrogens is 248 g/mol. The summed E-state index contributed by atoms with van der Waals surface area (Å²) in [6.45, 7) is 3.54. The van der Waals surface area contributed by atoms with Crippen LogP contribution >= 0.6 is 15.9 Å². The van der Waals surface area contributed by atoms with Gasteiger partial charge in [-0.25, -0.2) is 4.68 Å². The van der Waals surface area contributed by atoms with Gasteiger partial charge < -0.3 is 10.1 Å². The van der Waals surface area contributed by atoms with Gasteiger partial charge in [-0.05, 0) is 22.5 Å². The van der Waals surface area contributed by atoms with Gasteiger partial charge in [-0.15, -0.1) is 5.10 Å². The molecular formula is C8H15BrN4O. The molecule has 0 aliphatic carbocycles. The standard InChI is InChI=1S/C8H15BrN4O/c1-4-10-6(5-14-3)7-8(9)11-12-13(7)2/h6,10H,4-5H2,1-3H3. The average Bonchev–Trinajstić information content (AvgIpc) is 2.46. The van der Waals surface area contributed by atoms with Crippen molar-refractivity contribution in [1.82, 2.24) is 20.3 Å². The van der Waals surface area contributed by atoms with E-state index in [0.29, 0.717) is 6.61 Å². The van der Waals surface area contributed by atoms with E-state index in [1.54, 1.807) is 11.8 Å². The summed E-state index contributed by atoms with van der Waals surface area (Å²) in [5.41, 5.74) is 1.01. The average molecular weight is 263 g/mol. The lowest BCUT2D eigenvalue weighted by Gasteiger charge is -2.16. The zero-order valence-corrected chi connectivity index (χ0v) is 10.2. The maximum absolute atomic E-state index is 5.14. The third-order valence-electron chi connectivity index (χ3n) is 1.94.